The monoisotopic (exact) mass is 261 g/mol. The average Bonchev–Trinajstić information content (AvgIpc) is 2.41. The molecule has 0 bridgehead atoms. The van der Waals surface area contributed by atoms with Crippen LogP contribution in [0.25, 0.3) is 0 Å². The van der Waals surface area contributed by atoms with Gasteiger partial charge in [-0.2, -0.15) is 0 Å². The van der Waals surface area contributed by atoms with E-state index < -0.39 is 0 Å². The molecule has 0 saturated carbocycles. The van der Waals surface area contributed by atoms with Gasteiger partial charge in [-0.05, 0) is 43.1 Å². The summed E-state index contributed by atoms with van der Waals surface area (Å²) in [6.07, 6.45) is 5.87. The van der Waals surface area contributed by atoms with E-state index in [1.54, 1.807) is 6.20 Å². The SMILES string of the molecule is Fc1cnc(=S)[nH]c1C1CCCc2cccnc21. The van der Waals surface area contributed by atoms with Crippen molar-refractivity contribution < 1.29 is 4.39 Å². The zero-order valence-electron chi connectivity index (χ0n) is 9.69. The smallest absolute Gasteiger partial charge is 0.197 e. The fourth-order valence-electron chi connectivity index (χ4n) is 2.54. The number of aromatic nitrogens is 3. The highest BCUT2D eigenvalue weighted by atomic mass is 32.1. The van der Waals surface area contributed by atoms with Gasteiger partial charge >= 0.3 is 0 Å². The Bertz CT molecular complexity index is 638. The van der Waals surface area contributed by atoms with Crippen molar-refractivity contribution in [3.63, 3.8) is 0 Å². The normalized spacial score (nSPS) is 18.4. The van der Waals surface area contributed by atoms with Crippen LogP contribution in [0, 0.1) is 10.6 Å². The van der Waals surface area contributed by atoms with Gasteiger partial charge in [0.1, 0.15) is 0 Å². The molecule has 0 amide bonds. The second-order valence-electron chi connectivity index (χ2n) is 4.44. The molecule has 2 heterocycles. The third-order valence-corrected chi connectivity index (χ3v) is 3.55. The van der Waals surface area contributed by atoms with Crippen LogP contribution in [0.1, 0.15) is 35.7 Å². The molecule has 0 aliphatic heterocycles. The molecule has 0 radical (unpaired) electrons. The molecule has 5 heteroatoms. The number of halogens is 1. The van der Waals surface area contributed by atoms with Gasteiger partial charge in [-0.3, -0.25) is 4.98 Å². The number of hydrogen-bond acceptors (Lipinski definition) is 3. The molecule has 1 aliphatic carbocycles. The van der Waals surface area contributed by atoms with Crippen LogP contribution in [0.5, 0.6) is 0 Å². The maximum absolute atomic E-state index is 13.9. The van der Waals surface area contributed by atoms with E-state index in [0.717, 1.165) is 25.0 Å². The highest BCUT2D eigenvalue weighted by molar-refractivity contribution is 7.71. The predicted octanol–water partition coefficient (Wildman–Crippen LogP) is 3.14. The first-order chi connectivity index (χ1) is 8.75. The quantitative estimate of drug-likeness (QED) is 0.802. The van der Waals surface area contributed by atoms with E-state index in [1.165, 1.54) is 11.8 Å². The molecule has 0 aromatic carbocycles. The van der Waals surface area contributed by atoms with Gasteiger partial charge in [0.05, 0.1) is 17.6 Å². The highest BCUT2D eigenvalue weighted by Crippen LogP contribution is 2.34. The van der Waals surface area contributed by atoms with Gasteiger partial charge in [-0.1, -0.05) is 6.07 Å². The Morgan fingerprint density at radius 1 is 1.39 bits per heavy atom. The molecule has 0 fully saturated rings. The van der Waals surface area contributed by atoms with Crippen LogP contribution < -0.4 is 0 Å². The van der Waals surface area contributed by atoms with Gasteiger partial charge in [0.2, 0.25) is 0 Å². The number of hydrogen-bond donors (Lipinski definition) is 1. The lowest BCUT2D eigenvalue weighted by Gasteiger charge is -2.24. The van der Waals surface area contributed by atoms with Gasteiger partial charge < -0.3 is 4.98 Å². The third kappa shape index (κ3) is 1.95. The second-order valence-corrected chi connectivity index (χ2v) is 4.83. The van der Waals surface area contributed by atoms with Crippen LogP contribution in [0.3, 0.4) is 0 Å². The zero-order valence-corrected chi connectivity index (χ0v) is 10.5. The van der Waals surface area contributed by atoms with E-state index in [9.17, 15) is 4.39 Å². The number of rotatable bonds is 1. The van der Waals surface area contributed by atoms with Crippen molar-refractivity contribution in [2.75, 3.05) is 0 Å². The summed E-state index contributed by atoms with van der Waals surface area (Å²) in [6.45, 7) is 0. The molecule has 3 rings (SSSR count). The van der Waals surface area contributed by atoms with Crippen LogP contribution in [0.15, 0.2) is 24.5 Å². The Kier molecular flexibility index (Phi) is 2.91. The van der Waals surface area contributed by atoms with E-state index in [0.29, 0.717) is 10.5 Å². The molecule has 1 unspecified atom stereocenters. The first-order valence-corrected chi connectivity index (χ1v) is 6.35. The summed E-state index contributed by atoms with van der Waals surface area (Å²) < 4.78 is 14.2. The minimum atomic E-state index is -0.341. The van der Waals surface area contributed by atoms with Crippen molar-refractivity contribution in [2.24, 2.45) is 0 Å². The van der Waals surface area contributed by atoms with E-state index in [1.807, 2.05) is 6.07 Å². The highest BCUT2D eigenvalue weighted by Gasteiger charge is 2.25. The third-order valence-electron chi connectivity index (χ3n) is 3.34. The fourth-order valence-corrected chi connectivity index (χ4v) is 2.70. The van der Waals surface area contributed by atoms with E-state index in [-0.39, 0.29) is 11.7 Å². The number of H-pyrrole nitrogens is 1. The number of nitrogens with zero attached hydrogens (tertiary/aromatic N) is 2. The van der Waals surface area contributed by atoms with Gasteiger partial charge in [0.25, 0.3) is 0 Å². The average molecular weight is 261 g/mol. The number of nitrogens with one attached hydrogen (secondary N) is 1. The molecule has 1 aliphatic rings. The Morgan fingerprint density at radius 3 is 3.17 bits per heavy atom. The van der Waals surface area contributed by atoms with Crippen molar-refractivity contribution in [2.45, 2.75) is 25.2 Å². The minimum absolute atomic E-state index is 0.0420. The molecular formula is C13H12FN3S. The summed E-state index contributed by atoms with van der Waals surface area (Å²) in [5, 5.41) is 0. The lowest BCUT2D eigenvalue weighted by Crippen LogP contribution is -2.15. The predicted molar refractivity (Wildman–Crippen MR) is 68.4 cm³/mol. The summed E-state index contributed by atoms with van der Waals surface area (Å²) in [4.78, 5) is 11.0. The van der Waals surface area contributed by atoms with Gasteiger partial charge in [0, 0.05) is 12.1 Å². The van der Waals surface area contributed by atoms with Gasteiger partial charge in [0.15, 0.2) is 10.6 Å². The summed E-state index contributed by atoms with van der Waals surface area (Å²) in [5.41, 5.74) is 2.67. The topological polar surface area (TPSA) is 41.6 Å². The summed E-state index contributed by atoms with van der Waals surface area (Å²) in [7, 11) is 0. The maximum Gasteiger partial charge on any atom is 0.197 e. The summed E-state index contributed by atoms with van der Waals surface area (Å²) in [6, 6.07) is 3.98. The van der Waals surface area contributed by atoms with E-state index in [2.05, 4.69) is 21.0 Å². The zero-order chi connectivity index (χ0) is 12.5. The van der Waals surface area contributed by atoms with Crippen LogP contribution in [0.2, 0.25) is 0 Å². The van der Waals surface area contributed by atoms with Crippen molar-refractivity contribution in [3.05, 3.63) is 52.1 Å². The first kappa shape index (κ1) is 11.5. The summed E-state index contributed by atoms with van der Waals surface area (Å²) in [5.74, 6) is -0.383. The molecule has 0 spiro atoms. The molecule has 1 N–H and O–H groups in total. The fraction of sp³-hybridized carbons (Fsp3) is 0.308. The molecule has 1 atom stereocenters. The Balaban J connectivity index is 2.14. The van der Waals surface area contributed by atoms with Crippen LogP contribution >= 0.6 is 12.2 Å². The van der Waals surface area contributed by atoms with Crippen molar-refractivity contribution in [1.29, 1.82) is 0 Å². The van der Waals surface area contributed by atoms with E-state index >= 15 is 0 Å². The lowest BCUT2D eigenvalue weighted by atomic mass is 9.84. The van der Waals surface area contributed by atoms with Crippen molar-refractivity contribution >= 4 is 12.2 Å². The number of aromatic amines is 1. The molecular weight excluding hydrogens is 249 g/mol. The van der Waals surface area contributed by atoms with Crippen LogP contribution in [0.4, 0.5) is 4.39 Å². The largest absolute Gasteiger partial charge is 0.331 e. The molecule has 92 valence electrons. The van der Waals surface area contributed by atoms with E-state index in [4.69, 9.17) is 12.2 Å². The van der Waals surface area contributed by atoms with Crippen LogP contribution in [-0.4, -0.2) is 15.0 Å². The Hall–Kier alpha value is -1.62. The molecule has 3 nitrogen and oxygen atoms in total. The molecule has 18 heavy (non-hydrogen) atoms. The van der Waals surface area contributed by atoms with Crippen molar-refractivity contribution in [1.82, 2.24) is 15.0 Å². The Labute approximate surface area is 109 Å². The van der Waals surface area contributed by atoms with Gasteiger partial charge in [-0.25, -0.2) is 9.37 Å². The maximum atomic E-state index is 13.9. The molecule has 2 aromatic rings. The second kappa shape index (κ2) is 4.57. The standard InChI is InChI=1S/C13H12FN3S/c14-10-7-16-13(18)17-12(10)9-5-1-3-8-4-2-6-15-11(8)9/h2,4,6-7,9H,1,3,5H2,(H,16,17,18). The van der Waals surface area contributed by atoms with Gasteiger partial charge in [-0.15, -0.1) is 0 Å². The molecule has 0 saturated heterocycles. The number of fused-ring (bicyclic) bond motifs is 1. The van der Waals surface area contributed by atoms with Crippen LogP contribution in [-0.2, 0) is 6.42 Å². The Morgan fingerprint density at radius 2 is 2.28 bits per heavy atom. The minimum Gasteiger partial charge on any atom is -0.331 e. The lowest BCUT2D eigenvalue weighted by molar-refractivity contribution is 0.529. The molecule has 2 aromatic heterocycles. The number of aryl methyl sites for hydroxylation is 1. The van der Waals surface area contributed by atoms with Crippen molar-refractivity contribution in [3.8, 4) is 0 Å². The number of pyridine rings is 1. The first-order valence-electron chi connectivity index (χ1n) is 5.94. The summed E-state index contributed by atoms with van der Waals surface area (Å²) >= 11 is 4.97.